The van der Waals surface area contributed by atoms with Gasteiger partial charge in [-0.05, 0) is 56.5 Å². The van der Waals surface area contributed by atoms with E-state index in [2.05, 4.69) is 20.7 Å². The van der Waals surface area contributed by atoms with Crippen molar-refractivity contribution < 1.29 is 22.6 Å². The van der Waals surface area contributed by atoms with Gasteiger partial charge < -0.3 is 9.47 Å². The second-order valence-corrected chi connectivity index (χ2v) is 5.19. The zero-order valence-corrected chi connectivity index (χ0v) is 11.8. The molecule has 0 spiro atoms. The third-order valence-corrected chi connectivity index (χ3v) is 3.47. The van der Waals surface area contributed by atoms with Gasteiger partial charge in [-0.3, -0.25) is 0 Å². The van der Waals surface area contributed by atoms with E-state index in [1.165, 1.54) is 18.2 Å². The number of hydrogen-bond acceptors (Lipinski definition) is 3. The van der Waals surface area contributed by atoms with Crippen molar-refractivity contribution in [2.24, 2.45) is 0 Å². The molecule has 2 rings (SSSR count). The van der Waals surface area contributed by atoms with Crippen molar-refractivity contribution in [2.45, 2.75) is 13.0 Å². The van der Waals surface area contributed by atoms with Crippen LogP contribution in [0.25, 0.3) is 0 Å². The quantitative estimate of drug-likeness (QED) is 0.771. The minimum atomic E-state index is -4.71. The van der Waals surface area contributed by atoms with Crippen LogP contribution in [0, 0.1) is 0 Å². The summed E-state index contributed by atoms with van der Waals surface area (Å²) in [6.45, 7) is 0.370. The van der Waals surface area contributed by atoms with Gasteiger partial charge in [0, 0.05) is 0 Å². The van der Waals surface area contributed by atoms with Gasteiger partial charge in [0.1, 0.15) is 18.1 Å². The van der Waals surface area contributed by atoms with Crippen molar-refractivity contribution in [3.63, 3.8) is 0 Å². The molecule has 0 aliphatic rings. The zero-order chi connectivity index (χ0) is 13.9. The molecule has 2 nitrogen and oxygen atoms in total. The Morgan fingerprint density at radius 1 is 1.21 bits per heavy atom. The molecule has 0 unspecified atom stereocenters. The second kappa shape index (κ2) is 5.83. The first-order chi connectivity index (χ1) is 8.94. The van der Waals surface area contributed by atoms with Crippen molar-refractivity contribution in [1.29, 1.82) is 0 Å². The van der Waals surface area contributed by atoms with E-state index in [-0.39, 0.29) is 10.2 Å². The molecule has 0 bridgehead atoms. The van der Waals surface area contributed by atoms with Gasteiger partial charge in [0.05, 0.1) is 4.47 Å². The van der Waals surface area contributed by atoms with Crippen LogP contribution < -0.4 is 9.47 Å². The fraction of sp³-hybridized carbons (Fsp3) is 0.167. The third kappa shape index (κ3) is 4.43. The molecule has 0 aliphatic carbocycles. The molecule has 2 aromatic rings. The molecule has 0 N–H and O–H groups in total. The normalized spacial score (nSPS) is 11.4. The van der Waals surface area contributed by atoms with E-state index in [0.29, 0.717) is 12.4 Å². The summed E-state index contributed by atoms with van der Waals surface area (Å²) in [6.07, 6.45) is -4.71. The summed E-state index contributed by atoms with van der Waals surface area (Å²) in [4.78, 5) is 0. The van der Waals surface area contributed by atoms with Crippen LogP contribution >= 0.6 is 27.3 Å². The van der Waals surface area contributed by atoms with Crippen molar-refractivity contribution in [2.75, 3.05) is 0 Å². The zero-order valence-electron chi connectivity index (χ0n) is 9.41. The van der Waals surface area contributed by atoms with E-state index in [9.17, 15) is 13.2 Å². The van der Waals surface area contributed by atoms with Gasteiger partial charge >= 0.3 is 6.36 Å². The highest BCUT2D eigenvalue weighted by Gasteiger charge is 2.31. The molecule has 7 heteroatoms. The molecule has 0 aliphatic heterocycles. The lowest BCUT2D eigenvalue weighted by atomic mass is 10.3. The van der Waals surface area contributed by atoms with Gasteiger partial charge in [0.2, 0.25) is 0 Å². The van der Waals surface area contributed by atoms with Gasteiger partial charge in [-0.1, -0.05) is 0 Å². The number of rotatable bonds is 4. The van der Waals surface area contributed by atoms with Crippen molar-refractivity contribution in [3.8, 4) is 11.5 Å². The molecule has 0 amide bonds. The molecule has 1 heterocycles. The fourth-order valence-corrected chi connectivity index (χ4v) is 2.41. The number of alkyl halides is 3. The van der Waals surface area contributed by atoms with Crippen molar-refractivity contribution in [1.82, 2.24) is 0 Å². The minimum absolute atomic E-state index is 0.188. The van der Waals surface area contributed by atoms with Crippen LogP contribution in [0.15, 0.2) is 39.5 Å². The smallest absolute Gasteiger partial charge is 0.489 e. The maximum Gasteiger partial charge on any atom is 0.573 e. The van der Waals surface area contributed by atoms with Crippen LogP contribution in [-0.2, 0) is 6.61 Å². The first-order valence-electron chi connectivity index (χ1n) is 5.13. The van der Waals surface area contributed by atoms with Crippen LogP contribution in [0.4, 0.5) is 13.2 Å². The summed E-state index contributed by atoms with van der Waals surface area (Å²) < 4.78 is 45.7. The number of hydrogen-bond donors (Lipinski definition) is 0. The van der Waals surface area contributed by atoms with E-state index in [4.69, 9.17) is 4.74 Å². The van der Waals surface area contributed by atoms with E-state index in [1.807, 2.05) is 16.8 Å². The Morgan fingerprint density at radius 2 is 2.00 bits per heavy atom. The van der Waals surface area contributed by atoms with E-state index in [0.717, 1.165) is 5.56 Å². The minimum Gasteiger partial charge on any atom is -0.489 e. The standard InChI is InChI=1S/C12H8BrF3O2S/c13-10-5-9(17-6-8-3-4-19-7-8)1-2-11(10)18-12(14,15)16/h1-5,7H,6H2. The monoisotopic (exact) mass is 352 g/mol. The second-order valence-electron chi connectivity index (χ2n) is 3.56. The average molecular weight is 353 g/mol. The molecule has 102 valence electrons. The molecule has 0 radical (unpaired) electrons. The predicted molar refractivity (Wildman–Crippen MR) is 69.5 cm³/mol. The van der Waals surface area contributed by atoms with Gasteiger partial charge in [-0.25, -0.2) is 0 Å². The lowest BCUT2D eigenvalue weighted by Crippen LogP contribution is -2.17. The lowest BCUT2D eigenvalue weighted by molar-refractivity contribution is -0.274. The predicted octanol–water partition coefficient (Wildman–Crippen LogP) is 4.99. The van der Waals surface area contributed by atoms with Crippen LogP contribution in [0.3, 0.4) is 0 Å². The Labute approximate surface area is 119 Å². The van der Waals surface area contributed by atoms with Crippen LogP contribution in [0.2, 0.25) is 0 Å². The first kappa shape index (κ1) is 14.2. The van der Waals surface area contributed by atoms with E-state index >= 15 is 0 Å². The Morgan fingerprint density at radius 3 is 2.58 bits per heavy atom. The number of ether oxygens (including phenoxy) is 2. The SMILES string of the molecule is FC(F)(F)Oc1ccc(OCc2ccsc2)cc1Br. The number of halogens is 4. The van der Waals surface area contributed by atoms with Crippen LogP contribution in [0.1, 0.15) is 5.56 Å². The Kier molecular flexibility index (Phi) is 4.36. The Hall–Kier alpha value is -1.21. The van der Waals surface area contributed by atoms with Crippen molar-refractivity contribution in [3.05, 3.63) is 45.1 Å². The summed E-state index contributed by atoms with van der Waals surface area (Å²) in [5.41, 5.74) is 1.01. The van der Waals surface area contributed by atoms with E-state index < -0.39 is 6.36 Å². The third-order valence-electron chi connectivity index (χ3n) is 2.11. The number of benzene rings is 1. The van der Waals surface area contributed by atoms with Crippen LogP contribution in [-0.4, -0.2) is 6.36 Å². The van der Waals surface area contributed by atoms with Gasteiger partial charge in [-0.15, -0.1) is 13.2 Å². The highest BCUT2D eigenvalue weighted by molar-refractivity contribution is 9.10. The number of thiophene rings is 1. The fourth-order valence-electron chi connectivity index (χ4n) is 1.32. The van der Waals surface area contributed by atoms with Crippen LogP contribution in [0.5, 0.6) is 11.5 Å². The van der Waals surface area contributed by atoms with E-state index in [1.54, 1.807) is 11.3 Å². The lowest BCUT2D eigenvalue weighted by Gasteiger charge is -2.12. The molecular formula is C12H8BrF3O2S. The van der Waals surface area contributed by atoms with Gasteiger partial charge in [0.15, 0.2) is 0 Å². The van der Waals surface area contributed by atoms with Crippen molar-refractivity contribution >= 4 is 27.3 Å². The molecule has 0 atom stereocenters. The molecule has 1 aromatic carbocycles. The topological polar surface area (TPSA) is 18.5 Å². The maximum atomic E-state index is 12.1. The summed E-state index contributed by atoms with van der Waals surface area (Å²) in [5, 5.41) is 3.87. The molecule has 1 aromatic heterocycles. The molecular weight excluding hydrogens is 345 g/mol. The summed E-state index contributed by atoms with van der Waals surface area (Å²) in [5.74, 6) is 0.169. The molecule has 0 fully saturated rings. The highest BCUT2D eigenvalue weighted by Crippen LogP contribution is 2.33. The van der Waals surface area contributed by atoms with Gasteiger partial charge in [0.25, 0.3) is 0 Å². The summed E-state index contributed by atoms with van der Waals surface area (Å²) in [7, 11) is 0. The Balaban J connectivity index is 2.02. The molecule has 0 saturated carbocycles. The largest absolute Gasteiger partial charge is 0.573 e. The average Bonchev–Trinajstić information content (AvgIpc) is 2.81. The maximum absolute atomic E-state index is 12.1. The first-order valence-corrected chi connectivity index (χ1v) is 6.87. The van der Waals surface area contributed by atoms with Gasteiger partial charge in [-0.2, -0.15) is 11.3 Å². The summed E-state index contributed by atoms with van der Waals surface area (Å²) in [6, 6.07) is 5.99. The Bertz CT molecular complexity index is 540. The highest BCUT2D eigenvalue weighted by atomic mass is 79.9. The molecule has 0 saturated heterocycles. The molecule has 19 heavy (non-hydrogen) atoms. The summed E-state index contributed by atoms with van der Waals surface area (Å²) >= 11 is 4.57.